The van der Waals surface area contributed by atoms with Crippen LogP contribution in [-0.2, 0) is 4.92 Å². The van der Waals surface area contributed by atoms with Gasteiger partial charge in [0.2, 0.25) is 0 Å². The standard InChI is InChI=1S/C10H16.CH4.3HI.V/c1-5-10(4)8-6-7-9(2)3;;;;;/h5,7H,1,4,6,8H2,2-3H3;1H4;3*1H;/q;;;;;+3/p-3. The van der Waals surface area contributed by atoms with Gasteiger partial charge in [0.1, 0.15) is 0 Å². The Kier molecular flexibility index (Phi) is 23.7. The summed E-state index contributed by atoms with van der Waals surface area (Å²) < 4.78 is 0. The summed E-state index contributed by atoms with van der Waals surface area (Å²) in [6.45, 7) is 11.7. The molecule has 4 heteroatoms. The van der Waals surface area contributed by atoms with E-state index in [0.29, 0.717) is 0 Å². The van der Waals surface area contributed by atoms with Crippen molar-refractivity contribution in [2.75, 3.05) is 0 Å². The fraction of sp³-hybridized carbons (Fsp3) is 0.455. The Hall–Kier alpha value is 1.99. The third kappa shape index (κ3) is 31.4. The van der Waals surface area contributed by atoms with Crippen LogP contribution in [0.2, 0.25) is 0 Å². The fourth-order valence-corrected chi connectivity index (χ4v) is 0.648. The molecular weight excluding hydrogens is 564 g/mol. The summed E-state index contributed by atoms with van der Waals surface area (Å²) in [5.41, 5.74) is 2.49. The molecule has 0 atom stereocenters. The van der Waals surface area contributed by atoms with Crippen molar-refractivity contribution < 1.29 is 4.92 Å². The molecule has 0 N–H and O–H groups in total. The van der Waals surface area contributed by atoms with Crippen LogP contribution in [0, 0.1) is 0 Å². The van der Waals surface area contributed by atoms with Crippen molar-refractivity contribution in [2.24, 2.45) is 0 Å². The SMILES string of the molecule is C.C=CC(=C)CCC=C(C)C.[I][V]([I])[I]. The number of hydrogen-bond acceptors (Lipinski definition) is 0. The molecule has 0 saturated heterocycles. The van der Waals surface area contributed by atoms with Crippen LogP contribution >= 0.6 is 59.9 Å². The molecule has 0 aromatic heterocycles. The molecule has 0 radical (unpaired) electrons. The number of hydrogen-bond donors (Lipinski definition) is 0. The van der Waals surface area contributed by atoms with Gasteiger partial charge in [0.25, 0.3) is 0 Å². The number of allylic oxidation sites excluding steroid dienone is 4. The molecule has 15 heavy (non-hydrogen) atoms. The summed E-state index contributed by atoms with van der Waals surface area (Å²) in [6.07, 6.45) is 6.16. The van der Waals surface area contributed by atoms with Crippen LogP contribution in [0.3, 0.4) is 0 Å². The first-order valence-electron chi connectivity index (χ1n) is 4.11. The van der Waals surface area contributed by atoms with E-state index in [1.54, 1.807) is 0 Å². The molecule has 0 aromatic carbocycles. The Morgan fingerprint density at radius 2 is 1.67 bits per heavy atom. The monoisotopic (exact) mass is 584 g/mol. The van der Waals surface area contributed by atoms with E-state index in [0.717, 1.165) is 18.4 Å². The van der Waals surface area contributed by atoms with E-state index in [1.165, 1.54) is 5.57 Å². The molecule has 0 aromatic rings. The summed E-state index contributed by atoms with van der Waals surface area (Å²) in [5.74, 6) is 0. The molecule has 0 amide bonds. The molecule has 0 heterocycles. The summed E-state index contributed by atoms with van der Waals surface area (Å²) in [4.78, 5) is -0.278. The quantitative estimate of drug-likeness (QED) is 0.195. The van der Waals surface area contributed by atoms with Crippen molar-refractivity contribution in [2.45, 2.75) is 34.1 Å². The second-order valence-corrected chi connectivity index (χ2v) is 38.2. The van der Waals surface area contributed by atoms with Crippen LogP contribution in [0.4, 0.5) is 0 Å². The molecule has 0 fully saturated rings. The van der Waals surface area contributed by atoms with E-state index in [9.17, 15) is 0 Å². The Balaban J connectivity index is -0.000000249. The van der Waals surface area contributed by atoms with Crippen LogP contribution in [0.1, 0.15) is 34.1 Å². The molecule has 0 aliphatic carbocycles. The van der Waals surface area contributed by atoms with Crippen molar-refractivity contribution in [1.29, 1.82) is 0 Å². The second-order valence-electron chi connectivity index (χ2n) is 2.87. The first kappa shape index (κ1) is 22.2. The van der Waals surface area contributed by atoms with Crippen LogP contribution in [0.25, 0.3) is 0 Å². The Bertz CT molecular complexity index is 191. The van der Waals surface area contributed by atoms with Gasteiger partial charge in [-0.2, -0.15) is 0 Å². The van der Waals surface area contributed by atoms with E-state index in [4.69, 9.17) is 0 Å². The maximum absolute atomic E-state index is 3.82. The van der Waals surface area contributed by atoms with E-state index >= 15 is 0 Å². The first-order chi connectivity index (χ1) is 6.40. The van der Waals surface area contributed by atoms with E-state index in [-0.39, 0.29) is 12.3 Å². The van der Waals surface area contributed by atoms with Gasteiger partial charge in [-0.05, 0) is 26.7 Å². The van der Waals surface area contributed by atoms with Crippen molar-refractivity contribution in [3.63, 3.8) is 0 Å². The molecule has 0 aliphatic heterocycles. The maximum atomic E-state index is 3.82. The molecule has 90 valence electrons. The summed E-state index contributed by atoms with van der Waals surface area (Å²) in [5, 5.41) is 0. The van der Waals surface area contributed by atoms with Gasteiger partial charge in [0.15, 0.2) is 0 Å². The van der Waals surface area contributed by atoms with Crippen LogP contribution in [-0.4, -0.2) is 0 Å². The molecule has 0 bridgehead atoms. The first-order valence-corrected chi connectivity index (χ1v) is 17.6. The topological polar surface area (TPSA) is 0 Å². The van der Waals surface area contributed by atoms with Gasteiger partial charge in [0.05, 0.1) is 0 Å². The van der Waals surface area contributed by atoms with Crippen molar-refractivity contribution in [1.82, 2.24) is 0 Å². The van der Waals surface area contributed by atoms with Crippen LogP contribution < -0.4 is 0 Å². The van der Waals surface area contributed by atoms with Gasteiger partial charge in [-0.25, -0.2) is 0 Å². The summed E-state index contributed by atoms with van der Waals surface area (Å²) >= 11 is 7.39. The Morgan fingerprint density at radius 3 is 1.93 bits per heavy atom. The van der Waals surface area contributed by atoms with Gasteiger partial charge in [-0.15, -0.1) is 0 Å². The average Bonchev–Trinajstić information content (AvgIpc) is 2.02. The van der Waals surface area contributed by atoms with Gasteiger partial charge in [-0.3, -0.25) is 0 Å². The molecule has 0 unspecified atom stereocenters. The third-order valence-electron chi connectivity index (χ3n) is 1.31. The minimum absolute atomic E-state index is 0. The fourth-order valence-electron chi connectivity index (χ4n) is 0.648. The normalized spacial score (nSPS) is 8.13. The van der Waals surface area contributed by atoms with E-state index in [1.807, 2.05) is 6.08 Å². The molecular formula is C11H20I3V. The Labute approximate surface area is 133 Å². The third-order valence-corrected chi connectivity index (χ3v) is 1.31. The van der Waals surface area contributed by atoms with Crippen molar-refractivity contribution in [3.05, 3.63) is 36.5 Å². The van der Waals surface area contributed by atoms with E-state index < -0.39 is 0 Å². The number of rotatable bonds is 4. The van der Waals surface area contributed by atoms with Gasteiger partial charge < -0.3 is 0 Å². The predicted octanol–water partition coefficient (Wildman–Crippen LogP) is 6.77. The van der Waals surface area contributed by atoms with Gasteiger partial charge in [-0.1, -0.05) is 43.9 Å². The average molecular weight is 584 g/mol. The molecule has 0 rings (SSSR count). The molecule has 0 spiro atoms. The van der Waals surface area contributed by atoms with Crippen molar-refractivity contribution in [3.8, 4) is 0 Å². The Morgan fingerprint density at radius 1 is 1.27 bits per heavy atom. The van der Waals surface area contributed by atoms with E-state index in [2.05, 4.69) is 93.0 Å². The van der Waals surface area contributed by atoms with Crippen LogP contribution in [0.15, 0.2) is 36.5 Å². The zero-order valence-corrected chi connectivity index (χ0v) is 16.4. The predicted molar refractivity (Wildman–Crippen MR) is 96.8 cm³/mol. The minimum atomic E-state index is -0.278. The van der Waals surface area contributed by atoms with Crippen LogP contribution in [0.5, 0.6) is 0 Å². The molecule has 0 nitrogen and oxygen atoms in total. The molecule has 0 aliphatic rings. The van der Waals surface area contributed by atoms with Crippen molar-refractivity contribution >= 4 is 59.9 Å². The summed E-state index contributed by atoms with van der Waals surface area (Å²) in [6, 6.07) is 0. The molecule has 0 saturated carbocycles. The second kappa shape index (κ2) is 16.0. The number of halogens is 3. The van der Waals surface area contributed by atoms with Gasteiger partial charge in [0, 0.05) is 0 Å². The summed E-state index contributed by atoms with van der Waals surface area (Å²) in [7, 11) is 0. The van der Waals surface area contributed by atoms with Gasteiger partial charge >= 0.3 is 64.9 Å². The zero-order chi connectivity index (χ0) is 11.6. The zero-order valence-electron chi connectivity index (χ0n) is 8.56.